The van der Waals surface area contributed by atoms with Gasteiger partial charge in [-0.15, -0.1) is 0 Å². The Morgan fingerprint density at radius 3 is 2.65 bits per heavy atom. The Hall–Kier alpha value is -2.71. The first kappa shape index (κ1) is 19.6. The highest BCUT2D eigenvalue weighted by atomic mass is 19.4. The molecule has 0 atom stereocenters. The Morgan fingerprint density at radius 2 is 2.00 bits per heavy atom. The molecule has 0 aliphatic heterocycles. The summed E-state index contributed by atoms with van der Waals surface area (Å²) in [6.45, 7) is 3.41. The normalized spacial score (nSPS) is 12.1. The molecule has 1 aromatic heterocycles. The lowest BCUT2D eigenvalue weighted by atomic mass is 10.2. The van der Waals surface area contributed by atoms with Gasteiger partial charge in [0, 0.05) is 19.8 Å². The van der Waals surface area contributed by atoms with Crippen LogP contribution in [0.3, 0.4) is 0 Å². The van der Waals surface area contributed by atoms with Crippen LogP contribution in [0.25, 0.3) is 0 Å². The largest absolute Gasteiger partial charge is 0.491 e. The molecule has 1 heterocycles. The molecular formula is C17H22F3N5O. The molecule has 0 aliphatic rings. The summed E-state index contributed by atoms with van der Waals surface area (Å²) in [6, 6.07) is 7.02. The minimum absolute atomic E-state index is 0.0726. The molecule has 9 heteroatoms. The molecule has 0 unspecified atom stereocenters. The van der Waals surface area contributed by atoms with Crippen LogP contribution in [0.4, 0.5) is 13.2 Å². The van der Waals surface area contributed by atoms with E-state index < -0.39 is 11.7 Å². The fourth-order valence-corrected chi connectivity index (χ4v) is 2.22. The molecule has 0 fully saturated rings. The van der Waals surface area contributed by atoms with Gasteiger partial charge in [-0.1, -0.05) is 12.1 Å². The van der Waals surface area contributed by atoms with Crippen molar-refractivity contribution in [3.8, 4) is 5.75 Å². The number of aliphatic imine (C=N–C) groups is 1. The van der Waals surface area contributed by atoms with Crippen molar-refractivity contribution in [2.45, 2.75) is 19.6 Å². The van der Waals surface area contributed by atoms with Crippen molar-refractivity contribution < 1.29 is 17.9 Å². The van der Waals surface area contributed by atoms with Gasteiger partial charge in [0.05, 0.1) is 24.3 Å². The lowest BCUT2D eigenvalue weighted by Gasteiger charge is -2.15. The van der Waals surface area contributed by atoms with Gasteiger partial charge >= 0.3 is 6.18 Å². The first-order valence-corrected chi connectivity index (χ1v) is 8.20. The Morgan fingerprint density at radius 1 is 1.23 bits per heavy atom. The van der Waals surface area contributed by atoms with Crippen molar-refractivity contribution in [3.63, 3.8) is 0 Å². The van der Waals surface area contributed by atoms with E-state index >= 15 is 0 Å². The van der Waals surface area contributed by atoms with Crippen molar-refractivity contribution in [1.82, 2.24) is 20.4 Å². The van der Waals surface area contributed by atoms with E-state index in [2.05, 4.69) is 20.7 Å². The summed E-state index contributed by atoms with van der Waals surface area (Å²) in [4.78, 5) is 4.42. The zero-order valence-corrected chi connectivity index (χ0v) is 14.7. The summed E-state index contributed by atoms with van der Waals surface area (Å²) < 4.78 is 45.8. The van der Waals surface area contributed by atoms with Gasteiger partial charge in [0.25, 0.3) is 0 Å². The maximum atomic E-state index is 12.9. The van der Waals surface area contributed by atoms with E-state index in [0.717, 1.165) is 11.8 Å². The molecular weight excluding hydrogens is 347 g/mol. The van der Waals surface area contributed by atoms with Crippen molar-refractivity contribution in [1.29, 1.82) is 0 Å². The van der Waals surface area contributed by atoms with E-state index in [1.807, 2.05) is 20.0 Å². The monoisotopic (exact) mass is 369 g/mol. The van der Waals surface area contributed by atoms with Crippen LogP contribution in [0.1, 0.15) is 18.2 Å². The molecule has 2 N–H and O–H groups in total. The first-order valence-electron chi connectivity index (χ1n) is 8.20. The number of rotatable bonds is 7. The summed E-state index contributed by atoms with van der Waals surface area (Å²) in [7, 11) is 1.83. The number of hydrogen-bond donors (Lipinski definition) is 2. The number of benzene rings is 1. The molecule has 0 saturated heterocycles. The highest BCUT2D eigenvalue weighted by Gasteiger charge is 2.33. The zero-order chi connectivity index (χ0) is 19.0. The highest BCUT2D eigenvalue weighted by molar-refractivity contribution is 5.79. The van der Waals surface area contributed by atoms with Crippen LogP contribution < -0.4 is 15.4 Å². The predicted molar refractivity (Wildman–Crippen MR) is 93.0 cm³/mol. The average molecular weight is 369 g/mol. The van der Waals surface area contributed by atoms with E-state index in [9.17, 15) is 13.2 Å². The molecule has 2 aromatic rings. The summed E-state index contributed by atoms with van der Waals surface area (Å²) in [6.07, 6.45) is -2.75. The number of guanidine groups is 1. The number of ether oxygens (including phenoxy) is 1. The third-order valence-corrected chi connectivity index (χ3v) is 3.51. The third-order valence-electron chi connectivity index (χ3n) is 3.51. The van der Waals surface area contributed by atoms with E-state index in [-0.39, 0.29) is 12.4 Å². The molecule has 142 valence electrons. The summed E-state index contributed by atoms with van der Waals surface area (Å²) in [5.41, 5.74) is 0.161. The molecule has 0 aliphatic carbocycles. The van der Waals surface area contributed by atoms with Gasteiger partial charge in [-0.2, -0.15) is 18.3 Å². The van der Waals surface area contributed by atoms with Crippen molar-refractivity contribution in [2.75, 3.05) is 19.7 Å². The van der Waals surface area contributed by atoms with Gasteiger partial charge in [0.2, 0.25) is 0 Å². The van der Waals surface area contributed by atoms with Crippen LogP contribution in [-0.4, -0.2) is 35.4 Å². The number of alkyl halides is 3. The van der Waals surface area contributed by atoms with Crippen LogP contribution in [0.2, 0.25) is 0 Å². The van der Waals surface area contributed by atoms with Crippen LogP contribution in [0.15, 0.2) is 41.5 Å². The number of halogens is 3. The summed E-state index contributed by atoms with van der Waals surface area (Å²) in [5, 5.41) is 10.2. The Kier molecular flexibility index (Phi) is 6.88. The maximum absolute atomic E-state index is 12.9. The second-order valence-electron chi connectivity index (χ2n) is 5.41. The zero-order valence-electron chi connectivity index (χ0n) is 14.7. The smallest absolute Gasteiger partial charge is 0.419 e. The van der Waals surface area contributed by atoms with Gasteiger partial charge in [-0.05, 0) is 25.1 Å². The molecule has 6 nitrogen and oxygen atoms in total. The third kappa shape index (κ3) is 5.68. The number of aromatic nitrogens is 2. The molecule has 0 spiro atoms. The molecule has 1 aromatic carbocycles. The Balaban J connectivity index is 1.88. The van der Waals surface area contributed by atoms with Crippen LogP contribution in [0.5, 0.6) is 5.75 Å². The molecule has 26 heavy (non-hydrogen) atoms. The lowest BCUT2D eigenvalue weighted by Crippen LogP contribution is -2.39. The number of hydrogen-bond acceptors (Lipinski definition) is 3. The quantitative estimate of drug-likeness (QED) is 0.447. The highest BCUT2D eigenvalue weighted by Crippen LogP contribution is 2.35. The van der Waals surface area contributed by atoms with Gasteiger partial charge in [-0.3, -0.25) is 4.68 Å². The van der Waals surface area contributed by atoms with E-state index in [0.29, 0.717) is 25.6 Å². The van der Waals surface area contributed by atoms with Crippen molar-refractivity contribution >= 4 is 5.96 Å². The number of nitrogens with zero attached hydrogens (tertiary/aromatic N) is 3. The minimum Gasteiger partial charge on any atom is -0.491 e. The second-order valence-corrected chi connectivity index (χ2v) is 5.41. The van der Waals surface area contributed by atoms with Crippen molar-refractivity contribution in [2.24, 2.45) is 12.0 Å². The standard InChI is InChI=1S/C17H22F3N5O/c1-3-21-16(23-12-13-8-9-24-25(13)2)22-10-11-26-15-7-5-4-6-14(15)17(18,19)20/h4-9H,3,10-12H2,1-2H3,(H2,21,22,23). The van der Waals surface area contributed by atoms with Gasteiger partial charge in [0.1, 0.15) is 12.4 Å². The maximum Gasteiger partial charge on any atom is 0.419 e. The predicted octanol–water partition coefficient (Wildman–Crippen LogP) is 2.57. The topological polar surface area (TPSA) is 63.5 Å². The minimum atomic E-state index is -4.44. The SMILES string of the molecule is CCNC(=NCc1ccnn1C)NCCOc1ccccc1C(F)(F)F. The number of nitrogens with one attached hydrogen (secondary N) is 2. The summed E-state index contributed by atoms with van der Waals surface area (Å²) in [5.74, 6) is 0.375. The van der Waals surface area contributed by atoms with E-state index in [4.69, 9.17) is 4.74 Å². The Bertz CT molecular complexity index is 727. The second kappa shape index (κ2) is 9.12. The van der Waals surface area contributed by atoms with Crippen LogP contribution >= 0.6 is 0 Å². The van der Waals surface area contributed by atoms with Gasteiger partial charge < -0.3 is 15.4 Å². The first-order chi connectivity index (χ1) is 12.4. The fourth-order valence-electron chi connectivity index (χ4n) is 2.22. The summed E-state index contributed by atoms with van der Waals surface area (Å²) >= 11 is 0. The van der Waals surface area contributed by atoms with Gasteiger partial charge in [-0.25, -0.2) is 4.99 Å². The number of para-hydroxylation sites is 1. The van der Waals surface area contributed by atoms with Crippen LogP contribution in [0, 0.1) is 0 Å². The molecule has 0 amide bonds. The molecule has 0 radical (unpaired) electrons. The Labute approximate surface area is 150 Å². The fraction of sp³-hybridized carbons (Fsp3) is 0.412. The molecule has 0 bridgehead atoms. The van der Waals surface area contributed by atoms with E-state index in [1.165, 1.54) is 18.2 Å². The van der Waals surface area contributed by atoms with Crippen molar-refractivity contribution in [3.05, 3.63) is 47.8 Å². The average Bonchev–Trinajstić information content (AvgIpc) is 3.01. The molecule has 0 saturated carbocycles. The van der Waals surface area contributed by atoms with E-state index in [1.54, 1.807) is 10.9 Å². The van der Waals surface area contributed by atoms with Crippen LogP contribution in [-0.2, 0) is 19.8 Å². The van der Waals surface area contributed by atoms with Gasteiger partial charge in [0.15, 0.2) is 5.96 Å². The lowest BCUT2D eigenvalue weighted by molar-refractivity contribution is -0.138. The number of aryl methyl sites for hydroxylation is 1. The molecule has 2 rings (SSSR count).